The molecule has 2 aromatic rings. The van der Waals surface area contributed by atoms with Crippen LogP contribution in [0.2, 0.25) is 0 Å². The van der Waals surface area contributed by atoms with Gasteiger partial charge in [0.05, 0.1) is 0 Å². The van der Waals surface area contributed by atoms with E-state index >= 15 is 0 Å². The lowest BCUT2D eigenvalue weighted by Crippen LogP contribution is -1.95. The molecule has 0 saturated heterocycles. The molecule has 0 atom stereocenters. The van der Waals surface area contributed by atoms with E-state index in [0.29, 0.717) is 5.57 Å². The van der Waals surface area contributed by atoms with Gasteiger partial charge in [-0.25, -0.2) is 4.79 Å². The van der Waals surface area contributed by atoms with Crippen LogP contribution in [0.25, 0.3) is 5.57 Å². The van der Waals surface area contributed by atoms with Crippen molar-refractivity contribution in [2.75, 3.05) is 0 Å². The second kappa shape index (κ2) is 5.60. The SMILES string of the molecule is O=C(O)C=C(c1ccc(Br)cc1)c1cccnc1. The van der Waals surface area contributed by atoms with Gasteiger partial charge in [-0.1, -0.05) is 34.1 Å². The first-order valence-corrected chi connectivity index (χ1v) is 6.07. The van der Waals surface area contributed by atoms with Gasteiger partial charge in [-0.15, -0.1) is 0 Å². The fourth-order valence-corrected chi connectivity index (χ4v) is 1.87. The first-order chi connectivity index (χ1) is 8.66. The van der Waals surface area contributed by atoms with Crippen LogP contribution in [0.3, 0.4) is 0 Å². The van der Waals surface area contributed by atoms with E-state index in [2.05, 4.69) is 20.9 Å². The first kappa shape index (κ1) is 12.5. The van der Waals surface area contributed by atoms with Crippen LogP contribution in [0.4, 0.5) is 0 Å². The molecule has 0 unspecified atom stereocenters. The monoisotopic (exact) mass is 303 g/mol. The highest BCUT2D eigenvalue weighted by Crippen LogP contribution is 2.24. The van der Waals surface area contributed by atoms with Gasteiger partial charge in [-0.3, -0.25) is 4.98 Å². The lowest BCUT2D eigenvalue weighted by atomic mass is 9.99. The van der Waals surface area contributed by atoms with Gasteiger partial charge < -0.3 is 5.11 Å². The molecule has 0 spiro atoms. The van der Waals surface area contributed by atoms with E-state index in [4.69, 9.17) is 5.11 Å². The molecular formula is C14H10BrNO2. The van der Waals surface area contributed by atoms with Crippen molar-refractivity contribution in [3.8, 4) is 0 Å². The Bertz CT molecular complexity index is 577. The van der Waals surface area contributed by atoms with Crippen LogP contribution in [-0.4, -0.2) is 16.1 Å². The number of rotatable bonds is 3. The Hall–Kier alpha value is -1.94. The molecule has 4 heteroatoms. The van der Waals surface area contributed by atoms with E-state index in [1.807, 2.05) is 30.3 Å². The van der Waals surface area contributed by atoms with Crippen LogP contribution >= 0.6 is 15.9 Å². The van der Waals surface area contributed by atoms with Crippen LogP contribution < -0.4 is 0 Å². The summed E-state index contributed by atoms with van der Waals surface area (Å²) in [5.74, 6) is -0.975. The number of carbonyl (C=O) groups is 1. The molecule has 2 rings (SSSR count). The summed E-state index contributed by atoms with van der Waals surface area (Å²) in [6, 6.07) is 11.1. The number of hydrogen-bond donors (Lipinski definition) is 1. The minimum Gasteiger partial charge on any atom is -0.478 e. The van der Waals surface area contributed by atoms with E-state index < -0.39 is 5.97 Å². The summed E-state index contributed by atoms with van der Waals surface area (Å²) >= 11 is 3.35. The van der Waals surface area contributed by atoms with E-state index in [1.165, 1.54) is 6.08 Å². The molecule has 18 heavy (non-hydrogen) atoms. The van der Waals surface area contributed by atoms with E-state index in [-0.39, 0.29) is 0 Å². The third-order valence-corrected chi connectivity index (χ3v) is 2.92. The van der Waals surface area contributed by atoms with Crippen LogP contribution in [0.5, 0.6) is 0 Å². The number of hydrogen-bond acceptors (Lipinski definition) is 2. The minimum atomic E-state index is -0.975. The maximum absolute atomic E-state index is 10.9. The highest BCUT2D eigenvalue weighted by Gasteiger charge is 2.07. The van der Waals surface area contributed by atoms with Gasteiger partial charge in [0.25, 0.3) is 0 Å². The van der Waals surface area contributed by atoms with E-state index in [1.54, 1.807) is 18.5 Å². The van der Waals surface area contributed by atoms with Gasteiger partial charge >= 0.3 is 5.97 Å². The third kappa shape index (κ3) is 3.05. The smallest absolute Gasteiger partial charge is 0.328 e. The van der Waals surface area contributed by atoms with Crippen LogP contribution in [0.15, 0.2) is 59.3 Å². The molecule has 1 heterocycles. The lowest BCUT2D eigenvalue weighted by Gasteiger charge is -2.07. The van der Waals surface area contributed by atoms with Crippen LogP contribution in [0.1, 0.15) is 11.1 Å². The van der Waals surface area contributed by atoms with Crippen molar-refractivity contribution < 1.29 is 9.90 Å². The number of carboxylic acids is 1. The van der Waals surface area contributed by atoms with Gasteiger partial charge in [-0.2, -0.15) is 0 Å². The summed E-state index contributed by atoms with van der Waals surface area (Å²) in [5, 5.41) is 8.96. The number of pyridine rings is 1. The fourth-order valence-electron chi connectivity index (χ4n) is 1.61. The number of nitrogens with zero attached hydrogens (tertiary/aromatic N) is 1. The van der Waals surface area contributed by atoms with Crippen molar-refractivity contribution in [1.29, 1.82) is 0 Å². The average Bonchev–Trinajstić information content (AvgIpc) is 2.38. The summed E-state index contributed by atoms with van der Waals surface area (Å²) in [6.07, 6.45) is 4.50. The highest BCUT2D eigenvalue weighted by atomic mass is 79.9. The first-order valence-electron chi connectivity index (χ1n) is 5.28. The Balaban J connectivity index is 2.51. The quantitative estimate of drug-likeness (QED) is 0.885. The van der Waals surface area contributed by atoms with Crippen molar-refractivity contribution in [1.82, 2.24) is 4.98 Å². The molecule has 0 aliphatic carbocycles. The summed E-state index contributed by atoms with van der Waals surface area (Å²) in [6.45, 7) is 0. The number of halogens is 1. The molecule has 3 nitrogen and oxygen atoms in total. The van der Waals surface area contributed by atoms with Gasteiger partial charge in [0.1, 0.15) is 0 Å². The van der Waals surface area contributed by atoms with E-state index in [0.717, 1.165) is 15.6 Å². The standard InChI is InChI=1S/C14H10BrNO2/c15-12-5-3-10(4-6-12)13(8-14(17)18)11-2-1-7-16-9-11/h1-9H,(H,17,18). The number of benzene rings is 1. The predicted octanol–water partition coefficient (Wildman–Crippen LogP) is 3.36. The second-order valence-corrected chi connectivity index (χ2v) is 4.56. The maximum Gasteiger partial charge on any atom is 0.328 e. The molecule has 0 amide bonds. The molecule has 0 aliphatic heterocycles. The number of carboxylic acid groups (broad SMARTS) is 1. The van der Waals surface area contributed by atoms with Gasteiger partial charge in [0.2, 0.25) is 0 Å². The van der Waals surface area contributed by atoms with Crippen molar-refractivity contribution in [2.24, 2.45) is 0 Å². The Labute approximate surface area is 113 Å². The molecule has 1 aromatic heterocycles. The Morgan fingerprint density at radius 3 is 2.44 bits per heavy atom. The molecule has 1 N–H and O–H groups in total. The van der Waals surface area contributed by atoms with Gasteiger partial charge in [0.15, 0.2) is 0 Å². The molecule has 0 radical (unpaired) electrons. The Kier molecular flexibility index (Phi) is 3.89. The molecule has 0 fully saturated rings. The molecule has 90 valence electrons. The zero-order valence-electron chi connectivity index (χ0n) is 9.38. The normalized spacial score (nSPS) is 11.3. The van der Waals surface area contributed by atoms with Crippen molar-refractivity contribution in [2.45, 2.75) is 0 Å². The molecular weight excluding hydrogens is 294 g/mol. The predicted molar refractivity (Wildman–Crippen MR) is 73.1 cm³/mol. The maximum atomic E-state index is 10.9. The van der Waals surface area contributed by atoms with E-state index in [9.17, 15) is 4.79 Å². The summed E-state index contributed by atoms with van der Waals surface area (Å²) in [5.41, 5.74) is 2.26. The number of aromatic nitrogens is 1. The fraction of sp³-hybridized carbons (Fsp3) is 0. The van der Waals surface area contributed by atoms with Gasteiger partial charge in [0, 0.05) is 28.5 Å². The lowest BCUT2D eigenvalue weighted by molar-refractivity contribution is -0.131. The summed E-state index contributed by atoms with van der Waals surface area (Å²) in [7, 11) is 0. The average molecular weight is 304 g/mol. The summed E-state index contributed by atoms with van der Waals surface area (Å²) in [4.78, 5) is 14.9. The highest BCUT2D eigenvalue weighted by molar-refractivity contribution is 9.10. The zero-order valence-corrected chi connectivity index (χ0v) is 11.0. The Morgan fingerprint density at radius 1 is 1.17 bits per heavy atom. The minimum absolute atomic E-state index is 0.642. The zero-order chi connectivity index (χ0) is 13.0. The number of aliphatic carboxylic acids is 1. The van der Waals surface area contributed by atoms with Crippen LogP contribution in [0, 0.1) is 0 Å². The molecule has 0 saturated carbocycles. The largest absolute Gasteiger partial charge is 0.478 e. The van der Waals surface area contributed by atoms with Crippen molar-refractivity contribution >= 4 is 27.5 Å². The van der Waals surface area contributed by atoms with Crippen molar-refractivity contribution in [3.63, 3.8) is 0 Å². The molecule has 0 bridgehead atoms. The second-order valence-electron chi connectivity index (χ2n) is 3.64. The Morgan fingerprint density at radius 2 is 1.89 bits per heavy atom. The summed E-state index contributed by atoms with van der Waals surface area (Å²) < 4.78 is 0.951. The third-order valence-electron chi connectivity index (χ3n) is 2.40. The van der Waals surface area contributed by atoms with Crippen LogP contribution in [-0.2, 0) is 4.79 Å². The van der Waals surface area contributed by atoms with Crippen molar-refractivity contribution in [3.05, 3.63) is 70.5 Å². The molecule has 1 aromatic carbocycles. The van der Waals surface area contributed by atoms with Gasteiger partial charge in [-0.05, 0) is 29.3 Å². The topological polar surface area (TPSA) is 50.2 Å². The molecule has 0 aliphatic rings.